The lowest BCUT2D eigenvalue weighted by molar-refractivity contribution is 0.728. The molecule has 1 atom stereocenters. The first kappa shape index (κ1) is 12.7. The maximum atomic E-state index is 4.48. The Morgan fingerprint density at radius 1 is 1.30 bits per heavy atom. The van der Waals surface area contributed by atoms with Gasteiger partial charge in [-0.2, -0.15) is 10.2 Å². The largest absolute Gasteiger partial charge is 0.378 e. The zero-order chi connectivity index (χ0) is 14.3. The van der Waals surface area contributed by atoms with Crippen molar-refractivity contribution in [3.8, 4) is 0 Å². The third-order valence-corrected chi connectivity index (χ3v) is 3.82. The van der Waals surface area contributed by atoms with Crippen LogP contribution in [0.1, 0.15) is 29.9 Å². The first-order valence-electron chi connectivity index (χ1n) is 6.76. The predicted octanol–water partition coefficient (Wildman–Crippen LogP) is 3.09. The molecule has 0 aliphatic heterocycles. The van der Waals surface area contributed by atoms with Gasteiger partial charge in [0.25, 0.3) is 0 Å². The molecule has 0 radical (unpaired) electrons. The highest BCUT2D eigenvalue weighted by molar-refractivity contribution is 5.81. The Bertz CT molecular complexity index is 753. The van der Waals surface area contributed by atoms with Crippen molar-refractivity contribution >= 4 is 16.6 Å². The Kier molecular flexibility index (Phi) is 2.97. The Hall–Kier alpha value is -2.30. The van der Waals surface area contributed by atoms with Gasteiger partial charge in [-0.15, -0.1) is 0 Å². The van der Waals surface area contributed by atoms with Crippen LogP contribution < -0.4 is 5.32 Å². The minimum atomic E-state index is 0.212. The third kappa shape index (κ3) is 2.05. The second-order valence-electron chi connectivity index (χ2n) is 5.25. The van der Waals surface area contributed by atoms with Crippen LogP contribution in [0.15, 0.2) is 24.4 Å². The minimum absolute atomic E-state index is 0.212. The monoisotopic (exact) mass is 269 g/mol. The van der Waals surface area contributed by atoms with Crippen LogP contribution in [0.2, 0.25) is 0 Å². The molecule has 0 bridgehead atoms. The Balaban J connectivity index is 1.89. The Morgan fingerprint density at radius 2 is 2.10 bits per heavy atom. The molecule has 20 heavy (non-hydrogen) atoms. The lowest BCUT2D eigenvalue weighted by Gasteiger charge is -2.16. The van der Waals surface area contributed by atoms with E-state index in [0.717, 1.165) is 22.3 Å². The molecular formula is C15H19N5. The van der Waals surface area contributed by atoms with E-state index in [1.54, 1.807) is 0 Å². The van der Waals surface area contributed by atoms with Crippen LogP contribution >= 0.6 is 0 Å². The highest BCUT2D eigenvalue weighted by Gasteiger charge is 2.16. The molecule has 1 unspecified atom stereocenters. The molecule has 0 aliphatic rings. The summed E-state index contributed by atoms with van der Waals surface area (Å²) < 4.78 is 1.93. The van der Waals surface area contributed by atoms with Crippen molar-refractivity contribution in [2.75, 3.05) is 5.32 Å². The van der Waals surface area contributed by atoms with Gasteiger partial charge in [-0.3, -0.25) is 9.78 Å². The second-order valence-corrected chi connectivity index (χ2v) is 5.25. The average molecular weight is 269 g/mol. The number of hydrogen-bond donors (Lipinski definition) is 2. The van der Waals surface area contributed by atoms with Gasteiger partial charge < -0.3 is 5.32 Å². The van der Waals surface area contributed by atoms with E-state index in [9.17, 15) is 0 Å². The van der Waals surface area contributed by atoms with Crippen molar-refractivity contribution in [2.45, 2.75) is 26.8 Å². The van der Waals surface area contributed by atoms with E-state index in [1.807, 2.05) is 17.9 Å². The summed E-state index contributed by atoms with van der Waals surface area (Å²) in [5, 5.41) is 16.2. The Labute approximate surface area is 118 Å². The topological polar surface area (TPSA) is 58.5 Å². The average Bonchev–Trinajstić information content (AvgIpc) is 2.94. The molecule has 3 rings (SSSR count). The molecule has 0 amide bonds. The summed E-state index contributed by atoms with van der Waals surface area (Å²) in [6.45, 7) is 6.32. The number of anilines is 1. The summed E-state index contributed by atoms with van der Waals surface area (Å²) in [5.41, 5.74) is 5.66. The van der Waals surface area contributed by atoms with Crippen LogP contribution in [0.3, 0.4) is 0 Å². The fourth-order valence-electron chi connectivity index (χ4n) is 2.77. The maximum Gasteiger partial charge on any atom is 0.0670 e. The molecule has 0 fully saturated rings. The molecular weight excluding hydrogens is 250 g/mol. The Morgan fingerprint density at radius 3 is 2.80 bits per heavy atom. The van der Waals surface area contributed by atoms with Crippen molar-refractivity contribution in [1.82, 2.24) is 20.0 Å². The van der Waals surface area contributed by atoms with E-state index in [2.05, 4.69) is 59.6 Å². The highest BCUT2D eigenvalue weighted by atomic mass is 15.3. The number of aromatic nitrogens is 4. The fraction of sp³-hybridized carbons (Fsp3) is 0.333. The number of aromatic amines is 1. The maximum absolute atomic E-state index is 4.48. The normalized spacial score (nSPS) is 12.8. The van der Waals surface area contributed by atoms with Crippen LogP contribution in [0.5, 0.6) is 0 Å². The summed E-state index contributed by atoms with van der Waals surface area (Å²) in [5.74, 6) is 0. The molecule has 0 aliphatic carbocycles. The lowest BCUT2D eigenvalue weighted by atomic mass is 10.1. The van der Waals surface area contributed by atoms with Crippen molar-refractivity contribution in [3.63, 3.8) is 0 Å². The zero-order valence-electron chi connectivity index (χ0n) is 12.2. The molecule has 0 saturated carbocycles. The van der Waals surface area contributed by atoms with Gasteiger partial charge in [0.2, 0.25) is 0 Å². The van der Waals surface area contributed by atoms with E-state index in [1.165, 1.54) is 11.3 Å². The number of aryl methyl sites for hydroxylation is 2. The third-order valence-electron chi connectivity index (χ3n) is 3.82. The molecule has 104 valence electrons. The van der Waals surface area contributed by atoms with Gasteiger partial charge in [0.15, 0.2) is 0 Å². The van der Waals surface area contributed by atoms with Gasteiger partial charge in [0, 0.05) is 29.4 Å². The van der Waals surface area contributed by atoms with E-state index in [0.29, 0.717) is 0 Å². The smallest absolute Gasteiger partial charge is 0.0670 e. The van der Waals surface area contributed by atoms with Crippen LogP contribution in [0.4, 0.5) is 5.69 Å². The fourth-order valence-corrected chi connectivity index (χ4v) is 2.77. The van der Waals surface area contributed by atoms with Crippen LogP contribution in [0, 0.1) is 13.8 Å². The first-order chi connectivity index (χ1) is 9.56. The number of nitrogens with one attached hydrogen (secondary N) is 2. The highest BCUT2D eigenvalue weighted by Crippen LogP contribution is 2.26. The summed E-state index contributed by atoms with van der Waals surface area (Å²) in [6.07, 6.45) is 1.83. The quantitative estimate of drug-likeness (QED) is 0.768. The van der Waals surface area contributed by atoms with Gasteiger partial charge in [-0.1, -0.05) is 0 Å². The number of benzene rings is 1. The second kappa shape index (κ2) is 4.67. The van der Waals surface area contributed by atoms with Gasteiger partial charge in [0.05, 0.1) is 23.4 Å². The van der Waals surface area contributed by atoms with Crippen molar-refractivity contribution in [2.24, 2.45) is 7.05 Å². The predicted molar refractivity (Wildman–Crippen MR) is 80.8 cm³/mol. The summed E-state index contributed by atoms with van der Waals surface area (Å²) in [7, 11) is 1.98. The molecule has 2 heterocycles. The first-order valence-corrected chi connectivity index (χ1v) is 6.76. The number of fused-ring (bicyclic) bond motifs is 1. The minimum Gasteiger partial charge on any atom is -0.378 e. The van der Waals surface area contributed by atoms with E-state index >= 15 is 0 Å². The number of rotatable bonds is 3. The van der Waals surface area contributed by atoms with Crippen LogP contribution in [0.25, 0.3) is 10.9 Å². The molecule has 3 aromatic rings. The summed E-state index contributed by atoms with van der Waals surface area (Å²) in [4.78, 5) is 0. The number of hydrogen-bond acceptors (Lipinski definition) is 3. The summed E-state index contributed by atoms with van der Waals surface area (Å²) >= 11 is 0. The van der Waals surface area contributed by atoms with E-state index in [4.69, 9.17) is 0 Å². The molecule has 5 nitrogen and oxygen atoms in total. The molecule has 1 aromatic carbocycles. The molecule has 0 saturated heterocycles. The van der Waals surface area contributed by atoms with Gasteiger partial charge in [-0.25, -0.2) is 0 Å². The van der Waals surface area contributed by atoms with Crippen LogP contribution in [-0.4, -0.2) is 20.0 Å². The summed E-state index contributed by atoms with van der Waals surface area (Å²) in [6, 6.07) is 6.44. The van der Waals surface area contributed by atoms with E-state index < -0.39 is 0 Å². The SMILES string of the molecule is Cc1nn(C)c(C)c1C(C)Nc1ccc2cn[nH]c2c1. The molecule has 0 spiro atoms. The van der Waals surface area contributed by atoms with Crippen molar-refractivity contribution in [3.05, 3.63) is 41.3 Å². The lowest BCUT2D eigenvalue weighted by Crippen LogP contribution is -2.08. The number of nitrogens with zero attached hydrogens (tertiary/aromatic N) is 3. The molecule has 2 aromatic heterocycles. The molecule has 2 N–H and O–H groups in total. The molecule has 5 heteroatoms. The standard InChI is InChI=1S/C15H19N5/c1-9(15-10(2)19-20(4)11(15)3)17-13-6-5-12-8-16-18-14(12)7-13/h5-9,17H,1-4H3,(H,16,18). The van der Waals surface area contributed by atoms with Gasteiger partial charge in [0.1, 0.15) is 0 Å². The van der Waals surface area contributed by atoms with Gasteiger partial charge in [-0.05, 0) is 39.0 Å². The van der Waals surface area contributed by atoms with Crippen molar-refractivity contribution < 1.29 is 0 Å². The van der Waals surface area contributed by atoms with Crippen LogP contribution in [-0.2, 0) is 7.05 Å². The number of H-pyrrole nitrogens is 1. The van der Waals surface area contributed by atoms with E-state index in [-0.39, 0.29) is 6.04 Å². The van der Waals surface area contributed by atoms with Crippen molar-refractivity contribution in [1.29, 1.82) is 0 Å². The zero-order valence-corrected chi connectivity index (χ0v) is 12.2. The van der Waals surface area contributed by atoms with Gasteiger partial charge >= 0.3 is 0 Å².